The third-order valence-corrected chi connectivity index (χ3v) is 3.83. The van der Waals surface area contributed by atoms with Crippen LogP contribution in [0.15, 0.2) is 28.9 Å². The van der Waals surface area contributed by atoms with Gasteiger partial charge in [0.25, 0.3) is 0 Å². The van der Waals surface area contributed by atoms with E-state index in [1.807, 2.05) is 6.92 Å². The third kappa shape index (κ3) is 2.68. The number of halogens is 1. The Kier molecular flexibility index (Phi) is 3.96. The fraction of sp³-hybridized carbons (Fsp3) is 0.333. The van der Waals surface area contributed by atoms with E-state index in [1.165, 1.54) is 0 Å². The molecule has 0 unspecified atom stereocenters. The Morgan fingerprint density at radius 3 is 2.86 bits per heavy atom. The Bertz CT molecular complexity index is 682. The SMILES string of the molecule is CCCn1ncc(Br)c1C(=O)c1ccc2c(c1)OCCO2. The summed E-state index contributed by atoms with van der Waals surface area (Å²) in [6.45, 7) is 3.79. The summed E-state index contributed by atoms with van der Waals surface area (Å²) in [6.07, 6.45) is 2.57. The number of fused-ring (bicyclic) bond motifs is 1. The molecule has 0 spiro atoms. The lowest BCUT2D eigenvalue weighted by Gasteiger charge is -2.18. The lowest BCUT2D eigenvalue weighted by Crippen LogP contribution is -2.16. The summed E-state index contributed by atoms with van der Waals surface area (Å²) >= 11 is 3.40. The first-order valence-corrected chi connectivity index (χ1v) is 7.65. The first-order valence-electron chi connectivity index (χ1n) is 6.86. The number of hydrogen-bond acceptors (Lipinski definition) is 4. The molecule has 0 aliphatic carbocycles. The van der Waals surface area contributed by atoms with Crippen LogP contribution in [0.1, 0.15) is 29.4 Å². The van der Waals surface area contributed by atoms with Crippen molar-refractivity contribution in [2.24, 2.45) is 0 Å². The van der Waals surface area contributed by atoms with E-state index in [9.17, 15) is 4.79 Å². The van der Waals surface area contributed by atoms with Crippen LogP contribution in [-0.2, 0) is 6.54 Å². The molecule has 0 saturated heterocycles. The van der Waals surface area contributed by atoms with Gasteiger partial charge >= 0.3 is 0 Å². The average Bonchev–Trinajstić information content (AvgIpc) is 2.87. The number of ketones is 1. The number of carbonyl (C=O) groups is 1. The van der Waals surface area contributed by atoms with Gasteiger partial charge in [-0.25, -0.2) is 0 Å². The second-order valence-corrected chi connectivity index (χ2v) is 5.61. The van der Waals surface area contributed by atoms with Gasteiger partial charge in [0.15, 0.2) is 11.5 Å². The van der Waals surface area contributed by atoms with Crippen molar-refractivity contribution in [2.45, 2.75) is 19.9 Å². The van der Waals surface area contributed by atoms with Crippen LogP contribution in [0.5, 0.6) is 11.5 Å². The minimum absolute atomic E-state index is 0.0789. The predicted molar refractivity (Wildman–Crippen MR) is 81.1 cm³/mol. The molecule has 1 aliphatic heterocycles. The van der Waals surface area contributed by atoms with E-state index < -0.39 is 0 Å². The van der Waals surface area contributed by atoms with E-state index >= 15 is 0 Å². The minimum Gasteiger partial charge on any atom is -0.486 e. The molecular formula is C15H15BrN2O3. The van der Waals surface area contributed by atoms with Gasteiger partial charge in [0.2, 0.25) is 5.78 Å². The van der Waals surface area contributed by atoms with Crippen LogP contribution >= 0.6 is 15.9 Å². The molecule has 0 bridgehead atoms. The van der Waals surface area contributed by atoms with Gasteiger partial charge in [-0.2, -0.15) is 5.10 Å². The Morgan fingerprint density at radius 1 is 1.33 bits per heavy atom. The van der Waals surface area contributed by atoms with Crippen molar-refractivity contribution >= 4 is 21.7 Å². The molecule has 1 aromatic heterocycles. The molecule has 2 aromatic rings. The highest BCUT2D eigenvalue weighted by Gasteiger charge is 2.21. The Hall–Kier alpha value is -1.82. The van der Waals surface area contributed by atoms with Crippen molar-refractivity contribution < 1.29 is 14.3 Å². The summed E-state index contributed by atoms with van der Waals surface area (Å²) in [4.78, 5) is 12.7. The molecule has 6 heteroatoms. The summed E-state index contributed by atoms with van der Waals surface area (Å²) in [7, 11) is 0. The Labute approximate surface area is 131 Å². The summed E-state index contributed by atoms with van der Waals surface area (Å²) < 4.78 is 13.4. The van der Waals surface area contributed by atoms with Gasteiger partial charge in [0, 0.05) is 12.1 Å². The molecule has 110 valence electrons. The highest BCUT2D eigenvalue weighted by molar-refractivity contribution is 9.10. The third-order valence-electron chi connectivity index (χ3n) is 3.25. The average molecular weight is 351 g/mol. The first-order chi connectivity index (χ1) is 10.2. The second kappa shape index (κ2) is 5.89. The maximum Gasteiger partial charge on any atom is 0.212 e. The molecule has 0 fully saturated rings. The summed E-state index contributed by atoms with van der Waals surface area (Å²) in [5, 5.41) is 4.23. The van der Waals surface area contributed by atoms with Gasteiger partial charge < -0.3 is 9.47 Å². The molecule has 3 rings (SSSR count). The predicted octanol–water partition coefficient (Wildman–Crippen LogP) is 3.06. The Balaban J connectivity index is 1.97. The van der Waals surface area contributed by atoms with Gasteiger partial charge in [0.05, 0.1) is 10.7 Å². The highest BCUT2D eigenvalue weighted by Crippen LogP contribution is 2.32. The minimum atomic E-state index is -0.0789. The summed E-state index contributed by atoms with van der Waals surface area (Å²) in [5.41, 5.74) is 1.13. The smallest absolute Gasteiger partial charge is 0.212 e. The van der Waals surface area contributed by atoms with E-state index in [-0.39, 0.29) is 5.78 Å². The van der Waals surface area contributed by atoms with Gasteiger partial charge in [-0.15, -0.1) is 0 Å². The van der Waals surface area contributed by atoms with E-state index in [1.54, 1.807) is 29.1 Å². The Morgan fingerprint density at radius 2 is 2.10 bits per heavy atom. The number of aromatic nitrogens is 2. The van der Waals surface area contributed by atoms with E-state index in [0.717, 1.165) is 6.42 Å². The van der Waals surface area contributed by atoms with Crippen LogP contribution in [0.3, 0.4) is 0 Å². The van der Waals surface area contributed by atoms with Crippen molar-refractivity contribution in [1.82, 2.24) is 9.78 Å². The van der Waals surface area contributed by atoms with Crippen LogP contribution < -0.4 is 9.47 Å². The van der Waals surface area contributed by atoms with Crippen LogP contribution in [0.4, 0.5) is 0 Å². The number of hydrogen-bond donors (Lipinski definition) is 0. The molecule has 0 saturated carbocycles. The van der Waals surface area contributed by atoms with Crippen molar-refractivity contribution in [3.05, 3.63) is 40.1 Å². The fourth-order valence-corrected chi connectivity index (χ4v) is 2.77. The number of nitrogens with zero attached hydrogens (tertiary/aromatic N) is 2. The molecule has 0 radical (unpaired) electrons. The molecule has 1 aliphatic rings. The fourth-order valence-electron chi connectivity index (χ4n) is 2.29. The molecule has 5 nitrogen and oxygen atoms in total. The molecular weight excluding hydrogens is 336 g/mol. The molecule has 0 N–H and O–H groups in total. The van der Waals surface area contributed by atoms with Crippen molar-refractivity contribution in [2.75, 3.05) is 13.2 Å². The topological polar surface area (TPSA) is 53.4 Å². The molecule has 1 aromatic carbocycles. The summed E-state index contributed by atoms with van der Waals surface area (Å²) in [6, 6.07) is 5.26. The second-order valence-electron chi connectivity index (χ2n) is 4.75. The van der Waals surface area contributed by atoms with Gasteiger partial charge in [-0.05, 0) is 40.5 Å². The number of aryl methyl sites for hydroxylation is 1. The maximum absolute atomic E-state index is 12.7. The molecule has 0 atom stereocenters. The first kappa shape index (κ1) is 14.1. The highest BCUT2D eigenvalue weighted by atomic mass is 79.9. The largest absolute Gasteiger partial charge is 0.486 e. The molecule has 0 amide bonds. The quantitative estimate of drug-likeness (QED) is 0.795. The molecule has 2 heterocycles. The van der Waals surface area contributed by atoms with Gasteiger partial charge in [-0.3, -0.25) is 9.48 Å². The standard InChI is InChI=1S/C15H15BrN2O3/c1-2-5-18-14(11(16)9-17-18)15(19)10-3-4-12-13(8-10)21-7-6-20-12/h3-4,8-9H,2,5-7H2,1H3. The van der Waals surface area contributed by atoms with E-state index in [4.69, 9.17) is 9.47 Å². The van der Waals surface area contributed by atoms with Crippen molar-refractivity contribution in [3.63, 3.8) is 0 Å². The van der Waals surface area contributed by atoms with Crippen LogP contribution in [-0.4, -0.2) is 28.8 Å². The van der Waals surface area contributed by atoms with Gasteiger partial charge in [0.1, 0.15) is 18.9 Å². The van der Waals surface area contributed by atoms with Gasteiger partial charge in [-0.1, -0.05) is 6.92 Å². The van der Waals surface area contributed by atoms with Crippen LogP contribution in [0, 0.1) is 0 Å². The molecule has 21 heavy (non-hydrogen) atoms. The summed E-state index contributed by atoms with van der Waals surface area (Å²) in [5.74, 6) is 1.22. The lowest BCUT2D eigenvalue weighted by molar-refractivity contribution is 0.102. The lowest BCUT2D eigenvalue weighted by atomic mass is 10.1. The zero-order chi connectivity index (χ0) is 14.8. The van der Waals surface area contributed by atoms with Crippen molar-refractivity contribution in [3.8, 4) is 11.5 Å². The number of rotatable bonds is 4. The normalized spacial score (nSPS) is 13.2. The van der Waals surface area contributed by atoms with Crippen LogP contribution in [0.2, 0.25) is 0 Å². The maximum atomic E-state index is 12.7. The number of benzene rings is 1. The monoisotopic (exact) mass is 350 g/mol. The number of carbonyl (C=O) groups excluding carboxylic acids is 1. The number of ether oxygens (including phenoxy) is 2. The van der Waals surface area contributed by atoms with Crippen molar-refractivity contribution in [1.29, 1.82) is 0 Å². The van der Waals surface area contributed by atoms with E-state index in [0.29, 0.717) is 47.0 Å². The zero-order valence-electron chi connectivity index (χ0n) is 11.6. The van der Waals surface area contributed by atoms with E-state index in [2.05, 4.69) is 21.0 Å². The zero-order valence-corrected chi connectivity index (χ0v) is 13.2. The van der Waals surface area contributed by atoms with Crippen LogP contribution in [0.25, 0.3) is 0 Å².